The maximum atomic E-state index is 4.13. The molecule has 1 heterocycles. The van der Waals surface area contributed by atoms with Crippen molar-refractivity contribution in [1.29, 1.82) is 0 Å². The summed E-state index contributed by atoms with van der Waals surface area (Å²) in [7, 11) is 1.89. The van der Waals surface area contributed by atoms with Crippen LogP contribution >= 0.6 is 0 Å². The van der Waals surface area contributed by atoms with Crippen LogP contribution in [0, 0.1) is 5.41 Å². The number of hydrogen-bond acceptors (Lipinski definition) is 3. The molecular weight excluding hydrogens is 248 g/mol. The second-order valence-electron chi connectivity index (χ2n) is 6.49. The highest BCUT2D eigenvalue weighted by atomic mass is 15.4. The number of hydrogen-bond donors (Lipinski definition) is 1. The normalized spacial score (nSPS) is 13.4. The highest BCUT2D eigenvalue weighted by molar-refractivity contribution is 5.19. The number of nitrogens with zero attached hydrogens (tertiary/aromatic N) is 3. The van der Waals surface area contributed by atoms with Gasteiger partial charge in [-0.2, -0.15) is 0 Å². The van der Waals surface area contributed by atoms with Gasteiger partial charge in [-0.1, -0.05) is 56.3 Å². The largest absolute Gasteiger partial charge is 0.304 e. The third kappa shape index (κ3) is 4.46. The summed E-state index contributed by atoms with van der Waals surface area (Å²) in [6.45, 7) is 7.55. The van der Waals surface area contributed by atoms with Crippen LogP contribution in [0.3, 0.4) is 0 Å². The van der Waals surface area contributed by atoms with E-state index in [1.165, 1.54) is 5.56 Å². The highest BCUT2D eigenvalue weighted by Gasteiger charge is 2.20. The van der Waals surface area contributed by atoms with Crippen molar-refractivity contribution in [3.63, 3.8) is 0 Å². The molecule has 2 rings (SSSR count). The molecule has 0 saturated heterocycles. The number of nitrogens with one attached hydrogen (secondary N) is 1. The van der Waals surface area contributed by atoms with Crippen LogP contribution in [0.15, 0.2) is 36.5 Å². The molecule has 1 unspecified atom stereocenters. The summed E-state index contributed by atoms with van der Waals surface area (Å²) in [6, 6.07) is 10.9. The summed E-state index contributed by atoms with van der Waals surface area (Å²) in [6.07, 6.45) is 3.03. The molecule has 0 radical (unpaired) electrons. The fraction of sp³-hybridized carbons (Fsp3) is 0.500. The molecule has 0 aliphatic heterocycles. The molecule has 4 nitrogen and oxygen atoms in total. The summed E-state index contributed by atoms with van der Waals surface area (Å²) in [4.78, 5) is 0. The Bertz CT molecular complexity index is 525. The van der Waals surface area contributed by atoms with Crippen molar-refractivity contribution in [2.24, 2.45) is 12.5 Å². The van der Waals surface area contributed by atoms with Crippen molar-refractivity contribution in [2.75, 3.05) is 0 Å². The Hall–Kier alpha value is -1.68. The van der Waals surface area contributed by atoms with Gasteiger partial charge in [0.05, 0.1) is 5.69 Å². The Labute approximate surface area is 121 Å². The lowest BCUT2D eigenvalue weighted by Gasteiger charge is -2.27. The first-order chi connectivity index (χ1) is 9.44. The van der Waals surface area contributed by atoms with Gasteiger partial charge in [-0.25, -0.2) is 0 Å². The molecule has 0 fully saturated rings. The molecule has 0 aliphatic carbocycles. The number of aryl methyl sites for hydroxylation is 1. The van der Waals surface area contributed by atoms with Gasteiger partial charge in [0.25, 0.3) is 0 Å². The molecule has 1 aromatic heterocycles. The van der Waals surface area contributed by atoms with Gasteiger partial charge in [0.1, 0.15) is 0 Å². The lowest BCUT2D eigenvalue weighted by atomic mass is 9.85. The van der Waals surface area contributed by atoms with Crippen LogP contribution in [0.1, 0.15) is 44.5 Å². The van der Waals surface area contributed by atoms with E-state index < -0.39 is 0 Å². The average Bonchev–Trinajstić information content (AvgIpc) is 2.80. The number of benzene rings is 1. The summed E-state index contributed by atoms with van der Waals surface area (Å²) in [5.41, 5.74) is 2.57. The van der Waals surface area contributed by atoms with Gasteiger partial charge in [0.15, 0.2) is 0 Å². The molecule has 1 N–H and O–H groups in total. The minimum Gasteiger partial charge on any atom is -0.304 e. The van der Waals surface area contributed by atoms with Crippen molar-refractivity contribution in [2.45, 2.75) is 39.8 Å². The number of aromatic nitrogens is 3. The Kier molecular flexibility index (Phi) is 4.55. The van der Waals surface area contributed by atoms with Gasteiger partial charge in [0, 0.05) is 25.8 Å². The zero-order valence-electron chi connectivity index (χ0n) is 12.8. The fourth-order valence-corrected chi connectivity index (χ4v) is 2.31. The molecular formula is C16H24N4. The zero-order valence-corrected chi connectivity index (χ0v) is 12.8. The van der Waals surface area contributed by atoms with Crippen molar-refractivity contribution < 1.29 is 0 Å². The lowest BCUT2D eigenvalue weighted by Crippen LogP contribution is -2.25. The maximum absolute atomic E-state index is 4.13. The van der Waals surface area contributed by atoms with E-state index in [0.717, 1.165) is 18.7 Å². The summed E-state index contributed by atoms with van der Waals surface area (Å²) in [5, 5.41) is 11.7. The lowest BCUT2D eigenvalue weighted by molar-refractivity contribution is 0.309. The van der Waals surface area contributed by atoms with Crippen LogP contribution in [-0.4, -0.2) is 15.0 Å². The van der Waals surface area contributed by atoms with Crippen molar-refractivity contribution in [3.05, 3.63) is 47.8 Å². The molecule has 0 saturated carbocycles. The van der Waals surface area contributed by atoms with Gasteiger partial charge < -0.3 is 5.32 Å². The number of rotatable bonds is 5. The first-order valence-electron chi connectivity index (χ1n) is 7.07. The second kappa shape index (κ2) is 6.18. The van der Waals surface area contributed by atoms with Crippen molar-refractivity contribution >= 4 is 0 Å². The summed E-state index contributed by atoms with van der Waals surface area (Å²) in [5.74, 6) is 0. The van der Waals surface area contributed by atoms with Crippen LogP contribution in [0.4, 0.5) is 0 Å². The van der Waals surface area contributed by atoms with Crippen LogP contribution in [0.5, 0.6) is 0 Å². The predicted molar refractivity (Wildman–Crippen MR) is 81.1 cm³/mol. The molecule has 0 amide bonds. The Morgan fingerprint density at radius 2 is 1.90 bits per heavy atom. The molecule has 0 aliphatic rings. The molecule has 2 aromatic rings. The monoisotopic (exact) mass is 272 g/mol. The van der Waals surface area contributed by atoms with Crippen molar-refractivity contribution in [1.82, 2.24) is 20.3 Å². The first kappa shape index (κ1) is 14.7. The Morgan fingerprint density at radius 1 is 1.20 bits per heavy atom. The molecule has 1 aromatic carbocycles. The highest BCUT2D eigenvalue weighted by Crippen LogP contribution is 2.29. The standard InChI is InChI=1S/C16H24N4/c1-16(2,3)10-15(13-8-6-5-7-9-13)17-11-14-12-20(4)19-18-14/h5-9,12,15,17H,10-11H2,1-4H3. The third-order valence-corrected chi connectivity index (χ3v) is 3.20. The topological polar surface area (TPSA) is 42.7 Å². The van der Waals surface area contributed by atoms with Gasteiger partial charge in [-0.05, 0) is 17.4 Å². The van der Waals surface area contributed by atoms with E-state index in [1.54, 1.807) is 4.68 Å². The third-order valence-electron chi connectivity index (χ3n) is 3.20. The zero-order chi connectivity index (χ0) is 14.6. The maximum Gasteiger partial charge on any atom is 0.0964 e. The Morgan fingerprint density at radius 3 is 2.45 bits per heavy atom. The van der Waals surface area contributed by atoms with E-state index in [9.17, 15) is 0 Å². The predicted octanol–water partition coefficient (Wildman–Crippen LogP) is 3.08. The fourth-order valence-electron chi connectivity index (χ4n) is 2.31. The Balaban J connectivity index is 2.07. The molecule has 4 heteroatoms. The minimum absolute atomic E-state index is 0.274. The summed E-state index contributed by atoms with van der Waals surface area (Å²) < 4.78 is 1.73. The van der Waals surface area contributed by atoms with E-state index in [1.807, 2.05) is 13.2 Å². The molecule has 0 spiro atoms. The van der Waals surface area contributed by atoms with Gasteiger partial charge >= 0.3 is 0 Å². The minimum atomic E-state index is 0.274. The van der Waals surface area contributed by atoms with E-state index in [4.69, 9.17) is 0 Å². The van der Waals surface area contributed by atoms with Gasteiger partial charge in [-0.3, -0.25) is 4.68 Å². The van der Waals surface area contributed by atoms with Crippen LogP contribution in [0.2, 0.25) is 0 Å². The van der Waals surface area contributed by atoms with E-state index >= 15 is 0 Å². The van der Waals surface area contributed by atoms with Gasteiger partial charge in [-0.15, -0.1) is 5.10 Å². The molecule has 1 atom stereocenters. The van der Waals surface area contributed by atoms with E-state index in [-0.39, 0.29) is 5.41 Å². The summed E-state index contributed by atoms with van der Waals surface area (Å²) >= 11 is 0. The van der Waals surface area contributed by atoms with Crippen LogP contribution < -0.4 is 5.32 Å². The molecule has 0 bridgehead atoms. The SMILES string of the molecule is Cn1cc(CNC(CC(C)(C)C)c2ccccc2)nn1. The molecule has 20 heavy (non-hydrogen) atoms. The van der Waals surface area contributed by atoms with E-state index in [0.29, 0.717) is 6.04 Å². The first-order valence-corrected chi connectivity index (χ1v) is 7.07. The smallest absolute Gasteiger partial charge is 0.0964 e. The van der Waals surface area contributed by atoms with Crippen LogP contribution in [-0.2, 0) is 13.6 Å². The van der Waals surface area contributed by atoms with Gasteiger partial charge in [0.2, 0.25) is 0 Å². The van der Waals surface area contributed by atoms with E-state index in [2.05, 4.69) is 66.7 Å². The van der Waals surface area contributed by atoms with Crippen LogP contribution in [0.25, 0.3) is 0 Å². The molecule has 108 valence electrons. The average molecular weight is 272 g/mol. The second-order valence-corrected chi connectivity index (χ2v) is 6.49. The quantitative estimate of drug-likeness (QED) is 0.909. The van der Waals surface area contributed by atoms with Crippen molar-refractivity contribution in [3.8, 4) is 0 Å².